The summed E-state index contributed by atoms with van der Waals surface area (Å²) in [5.74, 6) is 1.75. The predicted octanol–water partition coefficient (Wildman–Crippen LogP) is 2.98. The molecule has 0 saturated heterocycles. The highest BCUT2D eigenvalue weighted by Crippen LogP contribution is 2.34. The van der Waals surface area contributed by atoms with E-state index in [1.807, 2.05) is 11.3 Å². The lowest BCUT2D eigenvalue weighted by molar-refractivity contribution is 0.544. The second-order valence-electron chi connectivity index (χ2n) is 5.29. The van der Waals surface area contributed by atoms with Crippen LogP contribution < -0.4 is 5.32 Å². The summed E-state index contributed by atoms with van der Waals surface area (Å²) < 4.78 is 0. The van der Waals surface area contributed by atoms with E-state index in [0.29, 0.717) is 5.92 Å². The van der Waals surface area contributed by atoms with Crippen LogP contribution in [0, 0.1) is 5.92 Å². The SMILES string of the molecule is CC(C)CNCc1nc2c([nH]1)CCc1sccc1-2. The maximum atomic E-state index is 4.75. The Morgan fingerprint density at radius 1 is 1.44 bits per heavy atom. The minimum Gasteiger partial charge on any atom is -0.344 e. The van der Waals surface area contributed by atoms with E-state index in [0.717, 1.165) is 31.8 Å². The van der Waals surface area contributed by atoms with Crippen LogP contribution in [0.2, 0.25) is 0 Å². The topological polar surface area (TPSA) is 40.7 Å². The zero-order valence-corrected chi connectivity index (χ0v) is 11.7. The molecule has 0 saturated carbocycles. The van der Waals surface area contributed by atoms with Crippen molar-refractivity contribution < 1.29 is 0 Å². The first-order valence-corrected chi connectivity index (χ1v) is 7.47. The third kappa shape index (κ3) is 2.22. The Kier molecular flexibility index (Phi) is 3.22. The number of fused-ring (bicyclic) bond motifs is 3. The quantitative estimate of drug-likeness (QED) is 0.888. The molecule has 1 aliphatic carbocycles. The zero-order valence-electron chi connectivity index (χ0n) is 10.9. The Balaban J connectivity index is 1.77. The molecule has 1 aliphatic rings. The molecule has 0 radical (unpaired) electrons. The summed E-state index contributed by atoms with van der Waals surface area (Å²) in [6.45, 7) is 6.31. The van der Waals surface area contributed by atoms with Crippen molar-refractivity contribution in [2.45, 2.75) is 33.2 Å². The lowest BCUT2D eigenvalue weighted by atomic mass is 10.0. The van der Waals surface area contributed by atoms with Gasteiger partial charge in [0.1, 0.15) is 5.82 Å². The molecule has 0 atom stereocenters. The number of aromatic nitrogens is 2. The fourth-order valence-corrected chi connectivity index (χ4v) is 3.29. The highest BCUT2D eigenvalue weighted by atomic mass is 32.1. The van der Waals surface area contributed by atoms with Crippen LogP contribution in [0.25, 0.3) is 11.3 Å². The number of aryl methyl sites for hydroxylation is 2. The van der Waals surface area contributed by atoms with Crippen molar-refractivity contribution in [3.63, 3.8) is 0 Å². The molecule has 3 rings (SSSR count). The summed E-state index contributed by atoms with van der Waals surface area (Å²) in [6.07, 6.45) is 2.25. The molecule has 0 spiro atoms. The first-order valence-electron chi connectivity index (χ1n) is 6.59. The van der Waals surface area contributed by atoms with Gasteiger partial charge in [-0.3, -0.25) is 0 Å². The first kappa shape index (κ1) is 11.9. The highest BCUT2D eigenvalue weighted by molar-refractivity contribution is 7.10. The maximum Gasteiger partial charge on any atom is 0.121 e. The molecule has 3 nitrogen and oxygen atoms in total. The monoisotopic (exact) mass is 261 g/mol. The van der Waals surface area contributed by atoms with E-state index in [-0.39, 0.29) is 0 Å². The van der Waals surface area contributed by atoms with Gasteiger partial charge in [0.05, 0.1) is 12.2 Å². The lowest BCUT2D eigenvalue weighted by Gasteiger charge is -2.09. The number of aromatic amines is 1. The molecule has 0 aliphatic heterocycles. The average Bonchev–Trinajstić information content (AvgIpc) is 2.92. The van der Waals surface area contributed by atoms with Gasteiger partial charge in [0, 0.05) is 16.1 Å². The van der Waals surface area contributed by atoms with E-state index in [9.17, 15) is 0 Å². The lowest BCUT2D eigenvalue weighted by Crippen LogP contribution is -2.19. The van der Waals surface area contributed by atoms with Crippen molar-refractivity contribution >= 4 is 11.3 Å². The fourth-order valence-electron chi connectivity index (χ4n) is 2.41. The van der Waals surface area contributed by atoms with Gasteiger partial charge in [-0.2, -0.15) is 0 Å². The molecule has 4 heteroatoms. The van der Waals surface area contributed by atoms with Gasteiger partial charge in [0.15, 0.2) is 0 Å². The molecule has 18 heavy (non-hydrogen) atoms. The highest BCUT2D eigenvalue weighted by Gasteiger charge is 2.20. The molecule has 0 amide bonds. The summed E-state index contributed by atoms with van der Waals surface area (Å²) in [5.41, 5.74) is 3.83. The fraction of sp³-hybridized carbons (Fsp3) is 0.500. The maximum absolute atomic E-state index is 4.75. The van der Waals surface area contributed by atoms with Crippen molar-refractivity contribution in [3.8, 4) is 11.3 Å². The minimum absolute atomic E-state index is 0.679. The number of imidazole rings is 1. The Morgan fingerprint density at radius 2 is 2.33 bits per heavy atom. The van der Waals surface area contributed by atoms with Gasteiger partial charge in [-0.05, 0) is 36.8 Å². The second kappa shape index (κ2) is 4.86. The molecule has 0 unspecified atom stereocenters. The molecule has 2 heterocycles. The van der Waals surface area contributed by atoms with Crippen LogP contribution in [-0.2, 0) is 19.4 Å². The molecule has 0 aromatic carbocycles. The van der Waals surface area contributed by atoms with Crippen molar-refractivity contribution in [2.24, 2.45) is 5.92 Å². The first-order chi connectivity index (χ1) is 8.74. The third-order valence-electron chi connectivity index (χ3n) is 3.28. The number of nitrogens with zero attached hydrogens (tertiary/aromatic N) is 1. The van der Waals surface area contributed by atoms with E-state index >= 15 is 0 Å². The number of H-pyrrole nitrogens is 1. The van der Waals surface area contributed by atoms with E-state index in [4.69, 9.17) is 4.98 Å². The molecule has 2 aromatic heterocycles. The summed E-state index contributed by atoms with van der Waals surface area (Å²) in [6, 6.07) is 2.20. The molecule has 0 fully saturated rings. The largest absolute Gasteiger partial charge is 0.344 e. The molecule has 2 aromatic rings. The number of rotatable bonds is 4. The zero-order chi connectivity index (χ0) is 12.5. The van der Waals surface area contributed by atoms with Crippen LogP contribution in [0.15, 0.2) is 11.4 Å². The standard InChI is InChI=1S/C14H19N3S/c1-9(2)7-15-8-13-16-11-3-4-12-10(5-6-18-12)14(11)17-13/h5-6,9,15H,3-4,7-8H2,1-2H3,(H,16,17). The van der Waals surface area contributed by atoms with Crippen LogP contribution >= 0.6 is 11.3 Å². The van der Waals surface area contributed by atoms with Crippen molar-refractivity contribution in [1.29, 1.82) is 0 Å². The van der Waals surface area contributed by atoms with Crippen LogP contribution in [0.4, 0.5) is 0 Å². The normalized spacial score (nSPS) is 13.7. The van der Waals surface area contributed by atoms with E-state index in [1.165, 1.54) is 21.8 Å². The summed E-state index contributed by atoms with van der Waals surface area (Å²) in [4.78, 5) is 9.70. The van der Waals surface area contributed by atoms with Gasteiger partial charge < -0.3 is 10.3 Å². The predicted molar refractivity (Wildman–Crippen MR) is 75.9 cm³/mol. The number of hydrogen-bond donors (Lipinski definition) is 2. The van der Waals surface area contributed by atoms with Crippen LogP contribution in [0.3, 0.4) is 0 Å². The van der Waals surface area contributed by atoms with Gasteiger partial charge in [-0.1, -0.05) is 13.8 Å². The number of hydrogen-bond acceptors (Lipinski definition) is 3. The van der Waals surface area contributed by atoms with Gasteiger partial charge in [-0.25, -0.2) is 4.98 Å². The van der Waals surface area contributed by atoms with Crippen molar-refractivity contribution in [3.05, 3.63) is 27.8 Å². The van der Waals surface area contributed by atoms with Crippen LogP contribution in [0.1, 0.15) is 30.2 Å². The Bertz CT molecular complexity index is 539. The van der Waals surface area contributed by atoms with Gasteiger partial charge >= 0.3 is 0 Å². The molecular weight excluding hydrogens is 242 g/mol. The van der Waals surface area contributed by atoms with Gasteiger partial charge in [-0.15, -0.1) is 11.3 Å². The van der Waals surface area contributed by atoms with Crippen molar-refractivity contribution in [1.82, 2.24) is 15.3 Å². The molecule has 96 valence electrons. The van der Waals surface area contributed by atoms with E-state index in [2.05, 4.69) is 35.6 Å². The van der Waals surface area contributed by atoms with E-state index in [1.54, 1.807) is 0 Å². The molecule has 0 bridgehead atoms. The summed E-state index contributed by atoms with van der Waals surface area (Å²) >= 11 is 1.85. The van der Waals surface area contributed by atoms with Crippen molar-refractivity contribution in [2.75, 3.05) is 6.54 Å². The average molecular weight is 261 g/mol. The third-order valence-corrected chi connectivity index (χ3v) is 4.26. The van der Waals surface area contributed by atoms with Crippen LogP contribution in [-0.4, -0.2) is 16.5 Å². The summed E-state index contributed by atoms with van der Waals surface area (Å²) in [5, 5.41) is 5.61. The smallest absolute Gasteiger partial charge is 0.121 e. The number of nitrogens with one attached hydrogen (secondary N) is 2. The summed E-state index contributed by atoms with van der Waals surface area (Å²) in [7, 11) is 0. The second-order valence-corrected chi connectivity index (χ2v) is 6.29. The number of thiophene rings is 1. The van der Waals surface area contributed by atoms with Gasteiger partial charge in [0.2, 0.25) is 0 Å². The molecular formula is C14H19N3S. The van der Waals surface area contributed by atoms with Crippen LogP contribution in [0.5, 0.6) is 0 Å². The van der Waals surface area contributed by atoms with E-state index < -0.39 is 0 Å². The molecule has 2 N–H and O–H groups in total. The minimum atomic E-state index is 0.679. The Hall–Kier alpha value is -1.13. The Labute approximate surface area is 112 Å². The Morgan fingerprint density at radius 3 is 3.17 bits per heavy atom. The van der Waals surface area contributed by atoms with Gasteiger partial charge in [0.25, 0.3) is 0 Å².